The molecule has 1 saturated heterocycles. The van der Waals surface area contributed by atoms with E-state index < -0.39 is 5.54 Å². The lowest BCUT2D eigenvalue weighted by molar-refractivity contribution is 0.0437. The molecule has 0 bridgehead atoms. The molecule has 0 spiro atoms. The van der Waals surface area contributed by atoms with Crippen LogP contribution in [-0.4, -0.2) is 38.8 Å². The van der Waals surface area contributed by atoms with Gasteiger partial charge in [0, 0.05) is 12.1 Å². The number of carbonyl (C=O) groups is 1. The van der Waals surface area contributed by atoms with Crippen LogP contribution in [-0.2, 0) is 16.9 Å². The first kappa shape index (κ1) is 23.6. The van der Waals surface area contributed by atoms with E-state index in [2.05, 4.69) is 36.4 Å². The zero-order chi connectivity index (χ0) is 24.6. The topological polar surface area (TPSA) is 59.4 Å². The molecule has 35 heavy (non-hydrogen) atoms. The number of nitrogens with zero attached hydrogens (tertiary/aromatic N) is 3. The summed E-state index contributed by atoms with van der Waals surface area (Å²) in [5.41, 5.74) is 1.88. The number of rotatable bonds is 6. The molecule has 182 valence electrons. The zero-order valence-electron chi connectivity index (χ0n) is 20.8. The molecular weight excluding hydrogens is 436 g/mol. The van der Waals surface area contributed by atoms with Gasteiger partial charge in [0.05, 0.1) is 30.5 Å². The molecule has 3 heterocycles. The molecule has 3 atom stereocenters. The van der Waals surface area contributed by atoms with Crippen LogP contribution in [0.2, 0.25) is 0 Å². The summed E-state index contributed by atoms with van der Waals surface area (Å²) in [6.07, 6.45) is 3.70. The minimum atomic E-state index is -0.754. The minimum absolute atomic E-state index is 0.0938. The van der Waals surface area contributed by atoms with Crippen molar-refractivity contribution >= 4 is 11.7 Å². The van der Waals surface area contributed by atoms with E-state index in [1.165, 1.54) is 5.56 Å². The molecule has 2 radical (unpaired) electrons. The highest BCUT2D eigenvalue weighted by molar-refractivity contribution is 5.99. The monoisotopic (exact) mass is 470 g/mol. The highest BCUT2D eigenvalue weighted by Gasteiger charge is 2.46. The van der Waals surface area contributed by atoms with E-state index >= 15 is 0 Å². The van der Waals surface area contributed by atoms with Crippen LogP contribution in [0, 0.1) is 6.92 Å². The molecule has 6 heteroatoms. The quantitative estimate of drug-likeness (QED) is 0.519. The van der Waals surface area contributed by atoms with Crippen molar-refractivity contribution in [1.29, 1.82) is 0 Å². The molecule has 1 aromatic heterocycles. The van der Waals surface area contributed by atoms with E-state index in [-0.39, 0.29) is 23.6 Å². The molecule has 0 saturated carbocycles. The second kappa shape index (κ2) is 9.15. The Bertz CT molecular complexity index is 1170. The van der Waals surface area contributed by atoms with E-state index in [9.17, 15) is 4.79 Å². The number of benzene rings is 2. The first-order valence-electron chi connectivity index (χ1n) is 12.5. The molecule has 3 aromatic rings. The van der Waals surface area contributed by atoms with E-state index in [4.69, 9.17) is 11.7 Å². The molecule has 6 nitrogen and oxygen atoms in total. The lowest BCUT2D eigenvalue weighted by Crippen LogP contribution is -2.45. The number of hydrogen-bond acceptors (Lipinski definition) is 4. The third-order valence-corrected chi connectivity index (χ3v) is 7.48. The summed E-state index contributed by atoms with van der Waals surface area (Å²) in [6, 6.07) is 20.5. The molecule has 1 fully saturated rings. The van der Waals surface area contributed by atoms with Crippen LogP contribution in [0.4, 0.5) is 5.82 Å². The van der Waals surface area contributed by atoms with E-state index in [1.54, 1.807) is 11.1 Å². The lowest BCUT2D eigenvalue weighted by Gasteiger charge is -2.39. The highest BCUT2D eigenvalue weighted by atomic mass is 16.5. The number of nitrogens with one attached hydrogen (secondary N) is 1. The fraction of sp³-hybridized carbons (Fsp3) is 0.414. The van der Waals surface area contributed by atoms with Crippen molar-refractivity contribution in [3.8, 4) is 0 Å². The van der Waals surface area contributed by atoms with Crippen LogP contribution in [0.25, 0.3) is 0 Å². The number of carbonyl (C=O) groups excluding carboxylic acids is 1. The SMILES string of the molecule is [CH]C1(CC)CC(OCc2ccccc2)CN1C(=O)c1cnn2c1NC(c1ccccc1)CC2(C)C. The smallest absolute Gasteiger partial charge is 0.259 e. The molecule has 1 N–H and O–H groups in total. The van der Waals surface area contributed by atoms with Crippen molar-refractivity contribution in [1.82, 2.24) is 14.7 Å². The maximum absolute atomic E-state index is 13.9. The summed E-state index contributed by atoms with van der Waals surface area (Å²) in [6.45, 7) is 14.1. The predicted octanol–water partition coefficient (Wildman–Crippen LogP) is 5.47. The Morgan fingerprint density at radius 1 is 1.11 bits per heavy atom. The van der Waals surface area contributed by atoms with Gasteiger partial charge in [0.1, 0.15) is 11.4 Å². The Balaban J connectivity index is 1.39. The summed E-state index contributed by atoms with van der Waals surface area (Å²) in [5, 5.41) is 8.24. The van der Waals surface area contributed by atoms with Crippen molar-refractivity contribution < 1.29 is 9.53 Å². The first-order valence-corrected chi connectivity index (χ1v) is 12.5. The van der Waals surface area contributed by atoms with Crippen molar-refractivity contribution in [2.24, 2.45) is 0 Å². The summed E-state index contributed by atoms with van der Waals surface area (Å²) in [7, 11) is 0. The number of anilines is 1. The van der Waals surface area contributed by atoms with Gasteiger partial charge in [0.2, 0.25) is 0 Å². The highest BCUT2D eigenvalue weighted by Crippen LogP contribution is 2.42. The number of amides is 1. The van der Waals surface area contributed by atoms with Gasteiger partial charge in [-0.1, -0.05) is 67.6 Å². The van der Waals surface area contributed by atoms with Crippen LogP contribution in [0.5, 0.6) is 0 Å². The molecule has 0 aliphatic carbocycles. The largest absolute Gasteiger partial charge is 0.372 e. The van der Waals surface area contributed by atoms with Gasteiger partial charge in [-0.15, -0.1) is 0 Å². The van der Waals surface area contributed by atoms with Gasteiger partial charge in [-0.25, -0.2) is 4.68 Å². The third-order valence-electron chi connectivity index (χ3n) is 7.48. The Labute approximate surface area is 208 Å². The molecular formula is C29H34N4O2. The van der Waals surface area contributed by atoms with E-state index in [0.717, 1.165) is 17.8 Å². The van der Waals surface area contributed by atoms with Crippen LogP contribution >= 0.6 is 0 Å². The van der Waals surface area contributed by atoms with Crippen LogP contribution in [0.1, 0.15) is 67.6 Å². The second-order valence-corrected chi connectivity index (χ2v) is 10.4. The minimum Gasteiger partial charge on any atom is -0.372 e. The summed E-state index contributed by atoms with van der Waals surface area (Å²) in [5.74, 6) is 0.658. The average molecular weight is 471 g/mol. The number of aromatic nitrogens is 2. The summed E-state index contributed by atoms with van der Waals surface area (Å²) in [4.78, 5) is 15.7. The Morgan fingerprint density at radius 3 is 2.49 bits per heavy atom. The molecule has 3 unspecified atom stereocenters. The fourth-order valence-corrected chi connectivity index (χ4v) is 5.41. The summed E-state index contributed by atoms with van der Waals surface area (Å²) >= 11 is 0. The third kappa shape index (κ3) is 4.47. The van der Waals surface area contributed by atoms with Crippen molar-refractivity contribution in [2.75, 3.05) is 11.9 Å². The van der Waals surface area contributed by atoms with Crippen molar-refractivity contribution in [2.45, 2.75) is 69.9 Å². The van der Waals surface area contributed by atoms with E-state index in [1.807, 2.05) is 60.1 Å². The standard InChI is InChI=1S/C29H34N4O2/c1-5-29(4)16-23(35-20-21-12-8-6-9-13-21)19-32(29)27(34)24-18-30-33-26(24)31-25(17-28(33,2)3)22-14-10-7-11-15-22/h4,6-15,18,23,25,31H,5,16-17,19-20H2,1-3H3. The van der Waals surface area contributed by atoms with Crippen LogP contribution in [0.3, 0.4) is 0 Å². The summed E-state index contributed by atoms with van der Waals surface area (Å²) < 4.78 is 8.14. The Kier molecular flexibility index (Phi) is 6.18. The Morgan fingerprint density at radius 2 is 1.80 bits per heavy atom. The fourth-order valence-electron chi connectivity index (χ4n) is 5.41. The molecule has 5 rings (SSSR count). The maximum atomic E-state index is 13.9. The van der Waals surface area contributed by atoms with Gasteiger partial charge in [0.25, 0.3) is 5.91 Å². The Hall–Kier alpha value is -3.12. The number of fused-ring (bicyclic) bond motifs is 1. The van der Waals surface area contributed by atoms with Gasteiger partial charge in [-0.2, -0.15) is 5.10 Å². The van der Waals surface area contributed by atoms with Gasteiger partial charge >= 0.3 is 0 Å². The number of hydrogen-bond donors (Lipinski definition) is 1. The predicted molar refractivity (Wildman–Crippen MR) is 137 cm³/mol. The number of ether oxygens (including phenoxy) is 1. The normalized spacial score (nSPS) is 25.2. The molecule has 2 aromatic carbocycles. The zero-order valence-corrected chi connectivity index (χ0v) is 20.8. The average Bonchev–Trinajstić information content (AvgIpc) is 3.45. The second-order valence-electron chi connectivity index (χ2n) is 10.4. The molecule has 1 amide bonds. The first-order chi connectivity index (χ1) is 16.8. The van der Waals surface area contributed by atoms with Crippen molar-refractivity contribution in [3.63, 3.8) is 0 Å². The molecule has 2 aliphatic heterocycles. The maximum Gasteiger partial charge on any atom is 0.259 e. The van der Waals surface area contributed by atoms with Gasteiger partial charge in [-0.3, -0.25) is 4.79 Å². The van der Waals surface area contributed by atoms with Gasteiger partial charge in [0.15, 0.2) is 0 Å². The lowest BCUT2D eigenvalue weighted by atomic mass is 9.89. The molecule has 2 aliphatic rings. The van der Waals surface area contributed by atoms with Gasteiger partial charge in [-0.05, 0) is 51.2 Å². The van der Waals surface area contributed by atoms with Crippen LogP contribution in [0.15, 0.2) is 66.9 Å². The van der Waals surface area contributed by atoms with Crippen LogP contribution < -0.4 is 5.32 Å². The number of likely N-dealkylation sites (tertiary alicyclic amines) is 1. The van der Waals surface area contributed by atoms with Crippen molar-refractivity contribution in [3.05, 3.63) is 90.5 Å². The van der Waals surface area contributed by atoms with Gasteiger partial charge < -0.3 is 15.0 Å². The van der Waals surface area contributed by atoms with E-state index in [0.29, 0.717) is 31.6 Å².